The van der Waals surface area contributed by atoms with E-state index in [2.05, 4.69) is 4.72 Å². The lowest BCUT2D eigenvalue weighted by Gasteiger charge is -2.11. The summed E-state index contributed by atoms with van der Waals surface area (Å²) in [5.41, 5.74) is 5.91. The number of nitrogens with two attached hydrogens (primary N) is 1. The van der Waals surface area contributed by atoms with Crippen LogP contribution in [0.15, 0.2) is 41.3 Å². The first-order valence-electron chi connectivity index (χ1n) is 5.75. The molecule has 0 spiro atoms. The number of nitrogens with one attached hydrogen (secondary N) is 1. The van der Waals surface area contributed by atoms with E-state index in [0.29, 0.717) is 5.69 Å². The number of rotatable bonds is 4. The van der Waals surface area contributed by atoms with Crippen molar-refractivity contribution in [2.75, 3.05) is 17.6 Å². The van der Waals surface area contributed by atoms with E-state index in [4.69, 9.17) is 22.1 Å². The molecule has 21 heavy (non-hydrogen) atoms. The summed E-state index contributed by atoms with van der Waals surface area (Å²) in [6, 6.07) is 7.73. The molecule has 112 valence electrons. The molecule has 0 amide bonds. The van der Waals surface area contributed by atoms with E-state index in [-0.39, 0.29) is 21.4 Å². The molecule has 0 aliphatic carbocycles. The Balaban J connectivity index is 2.35. The average Bonchev–Trinajstić information content (AvgIpc) is 2.37. The topological polar surface area (TPSA) is 81.4 Å². The number of halogens is 2. The number of sulfonamides is 1. The zero-order valence-electron chi connectivity index (χ0n) is 10.9. The van der Waals surface area contributed by atoms with E-state index in [9.17, 15) is 12.8 Å². The molecule has 2 aromatic rings. The second-order valence-electron chi connectivity index (χ2n) is 4.14. The van der Waals surface area contributed by atoms with Crippen LogP contribution in [0, 0.1) is 5.82 Å². The normalized spacial score (nSPS) is 11.2. The van der Waals surface area contributed by atoms with Gasteiger partial charge in [-0.1, -0.05) is 11.6 Å². The van der Waals surface area contributed by atoms with Crippen molar-refractivity contribution in [2.24, 2.45) is 0 Å². The largest absolute Gasteiger partial charge is 0.494 e. The van der Waals surface area contributed by atoms with Gasteiger partial charge in [0.1, 0.15) is 4.90 Å². The van der Waals surface area contributed by atoms with Gasteiger partial charge in [0.2, 0.25) is 0 Å². The van der Waals surface area contributed by atoms with Crippen LogP contribution in [0.1, 0.15) is 0 Å². The maximum atomic E-state index is 13.6. The quantitative estimate of drug-likeness (QED) is 0.845. The Morgan fingerprint density at radius 2 is 1.95 bits per heavy atom. The molecule has 0 radical (unpaired) electrons. The maximum absolute atomic E-state index is 13.6. The van der Waals surface area contributed by atoms with Crippen molar-refractivity contribution in [3.63, 3.8) is 0 Å². The predicted molar refractivity (Wildman–Crippen MR) is 79.6 cm³/mol. The molecule has 0 saturated heterocycles. The lowest BCUT2D eigenvalue weighted by Crippen LogP contribution is -2.13. The zero-order valence-corrected chi connectivity index (χ0v) is 12.5. The van der Waals surface area contributed by atoms with Crippen molar-refractivity contribution in [3.05, 3.63) is 47.2 Å². The highest BCUT2D eigenvalue weighted by atomic mass is 35.5. The summed E-state index contributed by atoms with van der Waals surface area (Å²) in [7, 11) is -2.63. The highest BCUT2D eigenvalue weighted by Crippen LogP contribution is 2.27. The number of ether oxygens (including phenoxy) is 1. The second-order valence-corrected chi connectivity index (χ2v) is 6.20. The van der Waals surface area contributed by atoms with Gasteiger partial charge in [-0.3, -0.25) is 4.72 Å². The molecule has 0 bridgehead atoms. The Kier molecular flexibility index (Phi) is 4.24. The van der Waals surface area contributed by atoms with Gasteiger partial charge in [0.05, 0.1) is 17.8 Å². The Morgan fingerprint density at radius 1 is 1.24 bits per heavy atom. The third-order valence-corrected chi connectivity index (χ3v) is 4.51. The molecule has 0 aromatic heterocycles. The molecule has 2 rings (SSSR count). The molecule has 0 saturated carbocycles. The highest BCUT2D eigenvalue weighted by Gasteiger charge is 2.18. The van der Waals surface area contributed by atoms with E-state index < -0.39 is 15.8 Å². The number of hydrogen-bond acceptors (Lipinski definition) is 4. The van der Waals surface area contributed by atoms with Gasteiger partial charge in [0, 0.05) is 11.8 Å². The van der Waals surface area contributed by atoms with E-state index >= 15 is 0 Å². The molecule has 5 nitrogen and oxygen atoms in total. The van der Waals surface area contributed by atoms with E-state index in [1.54, 1.807) is 0 Å². The van der Waals surface area contributed by atoms with Crippen LogP contribution in [0.2, 0.25) is 5.02 Å². The summed E-state index contributed by atoms with van der Waals surface area (Å²) in [4.78, 5) is -0.144. The summed E-state index contributed by atoms with van der Waals surface area (Å²) >= 11 is 5.87. The fourth-order valence-corrected chi connectivity index (χ4v) is 3.28. The first-order valence-corrected chi connectivity index (χ1v) is 7.61. The van der Waals surface area contributed by atoms with E-state index in [0.717, 1.165) is 6.07 Å². The third-order valence-electron chi connectivity index (χ3n) is 2.65. The van der Waals surface area contributed by atoms with Crippen LogP contribution in [0.5, 0.6) is 5.75 Å². The fraction of sp³-hybridized carbons (Fsp3) is 0.0769. The Morgan fingerprint density at radius 3 is 2.52 bits per heavy atom. The van der Waals surface area contributed by atoms with Crippen LogP contribution in [-0.4, -0.2) is 15.5 Å². The molecule has 8 heteroatoms. The minimum Gasteiger partial charge on any atom is -0.494 e. The monoisotopic (exact) mass is 330 g/mol. The average molecular weight is 331 g/mol. The van der Waals surface area contributed by atoms with Gasteiger partial charge in [-0.2, -0.15) is 0 Å². The summed E-state index contributed by atoms with van der Waals surface area (Å²) in [6.07, 6.45) is 0. The van der Waals surface area contributed by atoms with Crippen LogP contribution in [0.4, 0.5) is 15.8 Å². The molecule has 0 heterocycles. The van der Waals surface area contributed by atoms with Crippen LogP contribution < -0.4 is 15.2 Å². The molecule has 0 aliphatic rings. The molecular weight excluding hydrogens is 319 g/mol. The van der Waals surface area contributed by atoms with Gasteiger partial charge in [-0.05, 0) is 30.3 Å². The highest BCUT2D eigenvalue weighted by molar-refractivity contribution is 7.92. The SMILES string of the molecule is COc1ccc(NS(=O)(=O)c2ccc(N)cc2Cl)cc1F. The fourth-order valence-electron chi connectivity index (χ4n) is 1.68. The van der Waals surface area contributed by atoms with Crippen LogP contribution >= 0.6 is 11.6 Å². The van der Waals surface area contributed by atoms with Crippen LogP contribution in [-0.2, 0) is 10.0 Å². The standard InChI is InChI=1S/C13H12ClFN2O3S/c1-20-12-4-3-9(7-11(12)15)17-21(18,19)13-5-2-8(16)6-10(13)14/h2-7,17H,16H2,1H3. The first-order chi connectivity index (χ1) is 9.83. The second kappa shape index (κ2) is 5.79. The van der Waals surface area contributed by atoms with Crippen molar-refractivity contribution >= 4 is 33.0 Å². The molecule has 2 aromatic carbocycles. The predicted octanol–water partition coefficient (Wildman–Crippen LogP) is 2.87. The molecular formula is C13H12ClFN2O3S. The van der Waals surface area contributed by atoms with Gasteiger partial charge < -0.3 is 10.5 Å². The summed E-state index contributed by atoms with van der Waals surface area (Å²) in [5.74, 6) is -0.662. The van der Waals surface area contributed by atoms with Gasteiger partial charge in [-0.25, -0.2) is 12.8 Å². The van der Waals surface area contributed by atoms with Gasteiger partial charge in [-0.15, -0.1) is 0 Å². The van der Waals surface area contributed by atoms with Crippen molar-refractivity contribution in [2.45, 2.75) is 4.90 Å². The van der Waals surface area contributed by atoms with Crippen molar-refractivity contribution in [1.82, 2.24) is 0 Å². The van der Waals surface area contributed by atoms with E-state index in [1.165, 1.54) is 37.4 Å². The number of nitrogen functional groups attached to an aromatic ring is 1. The number of hydrogen-bond donors (Lipinski definition) is 2. The molecule has 3 N–H and O–H groups in total. The first kappa shape index (κ1) is 15.4. The number of anilines is 2. The lowest BCUT2D eigenvalue weighted by atomic mass is 10.3. The Bertz CT molecular complexity index is 781. The maximum Gasteiger partial charge on any atom is 0.263 e. The van der Waals surface area contributed by atoms with Gasteiger partial charge in [0.15, 0.2) is 11.6 Å². The smallest absolute Gasteiger partial charge is 0.263 e. The molecule has 0 unspecified atom stereocenters. The lowest BCUT2D eigenvalue weighted by molar-refractivity contribution is 0.386. The van der Waals surface area contributed by atoms with Gasteiger partial charge >= 0.3 is 0 Å². The van der Waals surface area contributed by atoms with Crippen LogP contribution in [0.3, 0.4) is 0 Å². The Hall–Kier alpha value is -1.99. The van der Waals surface area contributed by atoms with Crippen LogP contribution in [0.25, 0.3) is 0 Å². The third kappa shape index (κ3) is 3.37. The van der Waals surface area contributed by atoms with Crippen molar-refractivity contribution < 1.29 is 17.5 Å². The minimum atomic E-state index is -3.94. The van der Waals surface area contributed by atoms with Crippen molar-refractivity contribution in [1.29, 1.82) is 0 Å². The molecule has 0 fully saturated rings. The number of benzene rings is 2. The van der Waals surface area contributed by atoms with E-state index in [1.807, 2.05) is 0 Å². The minimum absolute atomic E-state index is 0.0171. The molecule has 0 aliphatic heterocycles. The summed E-state index contributed by atoms with van der Waals surface area (Å²) < 4.78 is 45.0. The summed E-state index contributed by atoms with van der Waals surface area (Å²) in [6.45, 7) is 0. The van der Waals surface area contributed by atoms with Crippen molar-refractivity contribution in [3.8, 4) is 5.75 Å². The summed E-state index contributed by atoms with van der Waals surface area (Å²) in [5, 5.41) is -0.0171. The molecule has 0 atom stereocenters. The van der Waals surface area contributed by atoms with Gasteiger partial charge in [0.25, 0.3) is 10.0 Å². The zero-order chi connectivity index (χ0) is 15.6. The Labute approximate surface area is 126 Å². The number of methoxy groups -OCH3 is 1.